The van der Waals surface area contributed by atoms with E-state index in [1.807, 2.05) is 0 Å². The van der Waals surface area contributed by atoms with E-state index in [1.54, 1.807) is 0 Å². The molecule has 0 aromatic carbocycles. The molecule has 1 aromatic heterocycles. The van der Waals surface area contributed by atoms with Gasteiger partial charge < -0.3 is 12.4 Å². The summed E-state index contributed by atoms with van der Waals surface area (Å²) in [5.41, 5.74) is 0. The largest absolute Gasteiger partial charge is 1.00 e. The summed E-state index contributed by atoms with van der Waals surface area (Å²) in [6.45, 7) is 8.07. The molecule has 1 rings (SSSR count). The number of rotatable bonds is 37. The van der Waals surface area contributed by atoms with E-state index in [4.69, 9.17) is 0 Å². The van der Waals surface area contributed by atoms with E-state index in [1.165, 1.54) is 236 Å². The van der Waals surface area contributed by atoms with Crippen molar-refractivity contribution in [2.45, 2.75) is 246 Å². The maximum Gasteiger partial charge on any atom is 0.168 e. The number of hydrogen-bond donors (Lipinski definition) is 0. The van der Waals surface area contributed by atoms with Gasteiger partial charge in [0, 0.05) is 48.1 Å². The van der Waals surface area contributed by atoms with E-state index in [0.29, 0.717) is 0 Å². The molecule has 0 aliphatic rings. The molecule has 0 N–H and O–H groups in total. The summed E-state index contributed by atoms with van der Waals surface area (Å²) in [6, 6.07) is 6.31. The molecule has 0 spiro atoms. The predicted molar refractivity (Wildman–Crippen MR) is 224 cm³/mol. The molecule has 1 radical (unpaired) electrons. The molecular formula is C45H88ClNNaS. The molecule has 0 saturated carbocycles. The minimum atomic E-state index is 0. The first-order chi connectivity index (χ1) is 23.3. The zero-order valence-corrected chi connectivity index (χ0v) is 37.9. The molecule has 0 amide bonds. The Morgan fingerprint density at radius 1 is 0.327 bits per heavy atom. The molecule has 0 bridgehead atoms. The third-order valence-corrected chi connectivity index (χ3v) is 11.0. The quantitative estimate of drug-likeness (QED) is 0.0374. The number of nitrogens with zero attached hydrogens (tertiary/aromatic N) is 1. The van der Waals surface area contributed by atoms with E-state index >= 15 is 0 Å². The van der Waals surface area contributed by atoms with E-state index in [9.17, 15) is 0 Å². The van der Waals surface area contributed by atoms with Gasteiger partial charge in [0.05, 0.1) is 0 Å². The first-order valence-corrected chi connectivity index (χ1v) is 23.0. The Bertz CT molecular complexity index is 639. The van der Waals surface area contributed by atoms with E-state index in [0.717, 1.165) is 0 Å². The third kappa shape index (κ3) is 48.8. The van der Waals surface area contributed by atoms with Gasteiger partial charge in [0.2, 0.25) is 0 Å². The maximum atomic E-state index is 2.30. The van der Waals surface area contributed by atoms with Crippen LogP contribution in [0.25, 0.3) is 0 Å². The van der Waals surface area contributed by atoms with E-state index in [2.05, 4.69) is 67.7 Å². The number of hydrogen-bond acceptors (Lipinski definition) is 1. The van der Waals surface area contributed by atoms with E-state index < -0.39 is 0 Å². The number of aromatic nitrogens is 1. The molecule has 0 aliphatic carbocycles. The van der Waals surface area contributed by atoms with Crippen LogP contribution in [0.3, 0.4) is 0 Å². The molecule has 0 aliphatic heterocycles. The number of aryl methyl sites for hydroxylation is 1. The van der Waals surface area contributed by atoms with Crippen molar-refractivity contribution in [2.24, 2.45) is 0 Å². The fraction of sp³-hybridized carbons (Fsp3) is 0.889. The van der Waals surface area contributed by atoms with Gasteiger partial charge in [0.15, 0.2) is 12.4 Å². The second-order valence-corrected chi connectivity index (χ2v) is 15.9. The Morgan fingerprint density at radius 2 is 0.571 bits per heavy atom. The minimum absolute atomic E-state index is 0. The van der Waals surface area contributed by atoms with E-state index in [-0.39, 0.29) is 42.0 Å². The SMILES string of the molecule is CCCCCCCCCCCCCCCC[n+]1ccccc1.CCCCCCCCCCCCSCCCCCCCCCCCC.[Cl-].[Na]. The van der Waals surface area contributed by atoms with Crippen molar-refractivity contribution in [3.63, 3.8) is 0 Å². The molecule has 4 heteroatoms. The van der Waals surface area contributed by atoms with Crippen LogP contribution in [0.5, 0.6) is 0 Å². The van der Waals surface area contributed by atoms with Gasteiger partial charge in [-0.05, 0) is 30.8 Å². The van der Waals surface area contributed by atoms with Crippen molar-refractivity contribution in [1.29, 1.82) is 0 Å². The van der Waals surface area contributed by atoms with Crippen molar-refractivity contribution >= 4 is 41.3 Å². The van der Waals surface area contributed by atoms with Crippen LogP contribution in [-0.4, -0.2) is 41.1 Å². The maximum absolute atomic E-state index is 2.30. The average Bonchev–Trinajstić information content (AvgIpc) is 3.10. The van der Waals surface area contributed by atoms with Gasteiger partial charge in [-0.1, -0.05) is 219 Å². The summed E-state index contributed by atoms with van der Waals surface area (Å²) in [6.07, 6.45) is 53.6. The standard InChI is InChI=1S/C24H50S.C21H38N.ClH.Na/c1-3-5-7-9-11-13-15-17-19-21-23-25-24-22-20-18-16-14-12-10-8-6-4-2;1-2-3-4-5-6-7-8-9-10-11-12-13-14-16-19-22-20-17-15-18-21-22;;/h3-24H2,1-2H3;15,17-18,20-21H,2-14,16,19H2,1H3;1H;/q;+1;;/p-1. The second-order valence-electron chi connectivity index (χ2n) is 14.7. The van der Waals surface area contributed by atoms with Gasteiger partial charge >= 0.3 is 0 Å². The molecule has 49 heavy (non-hydrogen) atoms. The summed E-state index contributed by atoms with van der Waals surface area (Å²) < 4.78 is 2.29. The third-order valence-electron chi connectivity index (χ3n) is 9.83. The second kappa shape index (κ2) is 50.9. The molecule has 0 atom stereocenters. The zero-order chi connectivity index (χ0) is 34.0. The van der Waals surface area contributed by atoms with Crippen molar-refractivity contribution in [3.05, 3.63) is 30.6 Å². The topological polar surface area (TPSA) is 3.88 Å². The monoisotopic (exact) mass is 733 g/mol. The molecular weight excluding hydrogens is 645 g/mol. The summed E-state index contributed by atoms with van der Waals surface area (Å²) >= 11 is 2.21. The van der Waals surface area contributed by atoms with Gasteiger partial charge in [-0.15, -0.1) is 0 Å². The Labute approximate surface area is 343 Å². The first-order valence-electron chi connectivity index (χ1n) is 21.9. The smallest absolute Gasteiger partial charge is 0.168 e. The minimum Gasteiger partial charge on any atom is -1.00 e. The van der Waals surface area contributed by atoms with Crippen LogP contribution >= 0.6 is 11.8 Å². The Balaban J connectivity index is -0.000000835. The van der Waals surface area contributed by atoms with Crippen LogP contribution in [0.2, 0.25) is 0 Å². The van der Waals surface area contributed by atoms with Crippen LogP contribution in [0.15, 0.2) is 30.6 Å². The summed E-state index contributed by atoms with van der Waals surface area (Å²) in [4.78, 5) is 0. The van der Waals surface area contributed by atoms with Crippen LogP contribution in [-0.2, 0) is 6.54 Å². The van der Waals surface area contributed by atoms with Gasteiger partial charge in [-0.25, -0.2) is 4.57 Å². The molecule has 1 nitrogen and oxygen atoms in total. The molecule has 287 valence electrons. The van der Waals surface area contributed by atoms with Crippen molar-refractivity contribution in [2.75, 3.05) is 11.5 Å². The summed E-state index contributed by atoms with van der Waals surface area (Å²) in [5.74, 6) is 2.82. The fourth-order valence-electron chi connectivity index (χ4n) is 6.56. The molecule has 0 saturated heterocycles. The van der Waals surface area contributed by atoms with Crippen LogP contribution in [0, 0.1) is 0 Å². The number of thioether (sulfide) groups is 1. The molecule has 1 heterocycles. The van der Waals surface area contributed by atoms with Crippen LogP contribution in [0.4, 0.5) is 0 Å². The Hall–Kier alpha value is 0.790. The summed E-state index contributed by atoms with van der Waals surface area (Å²) in [7, 11) is 0. The number of unbranched alkanes of at least 4 members (excludes halogenated alkanes) is 31. The number of halogens is 1. The van der Waals surface area contributed by atoms with Gasteiger partial charge in [0.25, 0.3) is 0 Å². The van der Waals surface area contributed by atoms with Crippen molar-refractivity contribution in [3.8, 4) is 0 Å². The molecule has 1 aromatic rings. The molecule has 0 unspecified atom stereocenters. The Morgan fingerprint density at radius 3 is 0.857 bits per heavy atom. The predicted octanol–water partition coefficient (Wildman–Crippen LogP) is 12.6. The van der Waals surface area contributed by atoms with Gasteiger partial charge in [-0.3, -0.25) is 0 Å². The fourth-order valence-corrected chi connectivity index (χ4v) is 7.58. The first kappa shape index (κ1) is 54.1. The van der Waals surface area contributed by atoms with Gasteiger partial charge in [0.1, 0.15) is 6.54 Å². The number of pyridine rings is 1. The van der Waals surface area contributed by atoms with Crippen LogP contribution in [0.1, 0.15) is 239 Å². The van der Waals surface area contributed by atoms with Crippen molar-refractivity contribution < 1.29 is 17.0 Å². The molecule has 0 fully saturated rings. The van der Waals surface area contributed by atoms with Gasteiger partial charge in [-0.2, -0.15) is 11.8 Å². The Kier molecular flexibility index (Phi) is 56.2. The average molecular weight is 734 g/mol. The normalized spacial score (nSPS) is 10.7. The summed E-state index contributed by atoms with van der Waals surface area (Å²) in [5, 5.41) is 0. The zero-order valence-electron chi connectivity index (χ0n) is 34.3. The van der Waals surface area contributed by atoms with Crippen LogP contribution < -0.4 is 17.0 Å². The van der Waals surface area contributed by atoms with Crippen molar-refractivity contribution in [1.82, 2.24) is 0 Å².